The molecular formula is C11H15N3O. The van der Waals surface area contributed by atoms with E-state index >= 15 is 0 Å². The van der Waals surface area contributed by atoms with Crippen molar-refractivity contribution < 1.29 is 4.74 Å². The Bertz CT molecular complexity index is 357. The van der Waals surface area contributed by atoms with Crippen LogP contribution in [0.1, 0.15) is 19.0 Å². The summed E-state index contributed by atoms with van der Waals surface area (Å²) in [7, 11) is 0. The van der Waals surface area contributed by atoms with Crippen LogP contribution in [0.2, 0.25) is 0 Å². The van der Waals surface area contributed by atoms with E-state index in [-0.39, 0.29) is 6.61 Å². The maximum absolute atomic E-state index is 5.23. The fourth-order valence-corrected chi connectivity index (χ4v) is 1.05. The zero-order chi connectivity index (χ0) is 11.1. The van der Waals surface area contributed by atoms with Gasteiger partial charge in [0.2, 0.25) is 11.8 Å². The lowest BCUT2D eigenvalue weighted by Gasteiger charge is -2.06. The second-order valence-corrected chi connectivity index (χ2v) is 3.09. The number of anilines is 1. The van der Waals surface area contributed by atoms with Crippen molar-refractivity contribution in [2.45, 2.75) is 20.3 Å². The van der Waals surface area contributed by atoms with Crippen molar-refractivity contribution in [2.24, 2.45) is 0 Å². The Hall–Kier alpha value is -1.76. The highest BCUT2D eigenvalue weighted by atomic mass is 16.5. The third-order valence-corrected chi connectivity index (χ3v) is 1.67. The van der Waals surface area contributed by atoms with Crippen LogP contribution in [-0.2, 0) is 0 Å². The maximum atomic E-state index is 5.23. The maximum Gasteiger partial charge on any atom is 0.226 e. The quantitative estimate of drug-likeness (QED) is 0.742. The Balaban J connectivity index is 2.71. The summed E-state index contributed by atoms with van der Waals surface area (Å²) in [5, 5.41) is 3.10. The number of nitrogens with zero attached hydrogens (tertiary/aromatic N) is 2. The molecule has 0 bridgehead atoms. The van der Waals surface area contributed by atoms with Gasteiger partial charge in [0.05, 0.1) is 0 Å². The lowest BCUT2D eigenvalue weighted by Crippen LogP contribution is -2.06. The first kappa shape index (κ1) is 11.3. The average Bonchev–Trinajstić information content (AvgIpc) is 2.23. The fourth-order valence-electron chi connectivity index (χ4n) is 1.05. The van der Waals surface area contributed by atoms with Gasteiger partial charge in [-0.05, 0) is 13.3 Å². The van der Waals surface area contributed by atoms with E-state index in [2.05, 4.69) is 28.1 Å². The number of hydrogen-bond acceptors (Lipinski definition) is 4. The standard InChI is InChI=1S/C11H15N3O/c1-4-6-12-11-13-9(3)8-10(14-11)15-7-5-2/h2,8H,4,6-7H2,1,3H3,(H,12,13,14). The molecule has 15 heavy (non-hydrogen) atoms. The van der Waals surface area contributed by atoms with E-state index < -0.39 is 0 Å². The molecule has 0 radical (unpaired) electrons. The van der Waals surface area contributed by atoms with E-state index in [0.29, 0.717) is 11.8 Å². The molecule has 0 spiro atoms. The Labute approximate surface area is 90.1 Å². The van der Waals surface area contributed by atoms with Crippen LogP contribution in [0.5, 0.6) is 5.88 Å². The van der Waals surface area contributed by atoms with Crippen LogP contribution < -0.4 is 10.1 Å². The molecule has 1 aromatic rings. The molecule has 1 heterocycles. The molecule has 1 N–H and O–H groups in total. The summed E-state index contributed by atoms with van der Waals surface area (Å²) in [5.74, 6) is 3.50. The van der Waals surface area contributed by atoms with Crippen molar-refractivity contribution in [3.8, 4) is 18.2 Å². The zero-order valence-electron chi connectivity index (χ0n) is 9.08. The van der Waals surface area contributed by atoms with Crippen LogP contribution in [0.4, 0.5) is 5.95 Å². The Morgan fingerprint density at radius 2 is 2.33 bits per heavy atom. The molecule has 1 aromatic heterocycles. The van der Waals surface area contributed by atoms with Gasteiger partial charge in [-0.25, -0.2) is 4.98 Å². The molecule has 0 unspecified atom stereocenters. The van der Waals surface area contributed by atoms with Gasteiger partial charge in [-0.15, -0.1) is 6.42 Å². The van der Waals surface area contributed by atoms with Crippen LogP contribution in [0.15, 0.2) is 6.07 Å². The molecule has 0 fully saturated rings. The first-order valence-electron chi connectivity index (χ1n) is 4.92. The van der Waals surface area contributed by atoms with Crippen LogP contribution in [0, 0.1) is 19.3 Å². The van der Waals surface area contributed by atoms with Crippen molar-refractivity contribution in [2.75, 3.05) is 18.5 Å². The molecule has 0 aliphatic carbocycles. The van der Waals surface area contributed by atoms with Gasteiger partial charge in [-0.2, -0.15) is 4.98 Å². The molecule has 4 nitrogen and oxygen atoms in total. The Kier molecular flexibility index (Phi) is 4.42. The predicted molar refractivity (Wildman–Crippen MR) is 59.9 cm³/mol. The summed E-state index contributed by atoms with van der Waals surface area (Å²) in [4.78, 5) is 8.39. The van der Waals surface area contributed by atoms with E-state index in [1.807, 2.05) is 6.92 Å². The van der Waals surface area contributed by atoms with Crippen LogP contribution in [-0.4, -0.2) is 23.1 Å². The van der Waals surface area contributed by atoms with Gasteiger partial charge < -0.3 is 10.1 Å². The summed E-state index contributed by atoms with van der Waals surface area (Å²) < 4.78 is 5.23. The van der Waals surface area contributed by atoms with E-state index in [0.717, 1.165) is 18.7 Å². The Morgan fingerprint density at radius 3 is 3.00 bits per heavy atom. The van der Waals surface area contributed by atoms with Gasteiger partial charge in [-0.3, -0.25) is 0 Å². The smallest absolute Gasteiger partial charge is 0.226 e. The molecular weight excluding hydrogens is 190 g/mol. The van der Waals surface area contributed by atoms with Crippen molar-refractivity contribution in [3.63, 3.8) is 0 Å². The molecule has 4 heteroatoms. The topological polar surface area (TPSA) is 47.0 Å². The molecule has 80 valence electrons. The number of nitrogens with one attached hydrogen (secondary N) is 1. The first-order valence-corrected chi connectivity index (χ1v) is 4.92. The fraction of sp³-hybridized carbons (Fsp3) is 0.455. The number of aryl methyl sites for hydroxylation is 1. The van der Waals surface area contributed by atoms with Gasteiger partial charge in [0.1, 0.15) is 0 Å². The van der Waals surface area contributed by atoms with Crippen LogP contribution >= 0.6 is 0 Å². The molecule has 0 aromatic carbocycles. The molecule has 0 aliphatic rings. The summed E-state index contributed by atoms with van der Waals surface area (Å²) in [6, 6.07) is 1.76. The largest absolute Gasteiger partial charge is 0.464 e. The van der Waals surface area contributed by atoms with E-state index in [9.17, 15) is 0 Å². The van der Waals surface area contributed by atoms with E-state index in [1.54, 1.807) is 6.07 Å². The lowest BCUT2D eigenvalue weighted by atomic mass is 10.4. The SMILES string of the molecule is C#CCOc1cc(C)nc(NCCC)n1. The third-order valence-electron chi connectivity index (χ3n) is 1.67. The average molecular weight is 205 g/mol. The minimum absolute atomic E-state index is 0.226. The zero-order valence-corrected chi connectivity index (χ0v) is 9.08. The number of rotatable bonds is 5. The predicted octanol–water partition coefficient (Wildman–Crippen LogP) is 1.62. The highest BCUT2D eigenvalue weighted by Crippen LogP contribution is 2.11. The molecule has 0 atom stereocenters. The molecule has 0 saturated carbocycles. The molecule has 0 aliphatic heterocycles. The minimum atomic E-state index is 0.226. The van der Waals surface area contributed by atoms with Crippen molar-refractivity contribution in [3.05, 3.63) is 11.8 Å². The van der Waals surface area contributed by atoms with Crippen LogP contribution in [0.3, 0.4) is 0 Å². The van der Waals surface area contributed by atoms with Gasteiger partial charge in [-0.1, -0.05) is 12.8 Å². The van der Waals surface area contributed by atoms with Crippen molar-refractivity contribution >= 4 is 5.95 Å². The number of aromatic nitrogens is 2. The first-order chi connectivity index (χ1) is 7.26. The highest BCUT2D eigenvalue weighted by molar-refractivity contribution is 5.30. The lowest BCUT2D eigenvalue weighted by molar-refractivity contribution is 0.355. The summed E-state index contributed by atoms with van der Waals surface area (Å²) in [6.07, 6.45) is 6.12. The molecule has 0 amide bonds. The summed E-state index contributed by atoms with van der Waals surface area (Å²) in [5.41, 5.74) is 0.857. The monoisotopic (exact) mass is 205 g/mol. The summed E-state index contributed by atoms with van der Waals surface area (Å²) in [6.45, 7) is 5.04. The summed E-state index contributed by atoms with van der Waals surface area (Å²) >= 11 is 0. The molecule has 1 rings (SSSR count). The van der Waals surface area contributed by atoms with Gasteiger partial charge in [0, 0.05) is 18.3 Å². The van der Waals surface area contributed by atoms with Crippen molar-refractivity contribution in [1.29, 1.82) is 0 Å². The highest BCUT2D eigenvalue weighted by Gasteiger charge is 2.01. The van der Waals surface area contributed by atoms with Crippen molar-refractivity contribution in [1.82, 2.24) is 9.97 Å². The minimum Gasteiger partial charge on any atom is -0.464 e. The van der Waals surface area contributed by atoms with Gasteiger partial charge in [0.25, 0.3) is 0 Å². The molecule has 0 saturated heterocycles. The number of ether oxygens (including phenoxy) is 1. The van der Waals surface area contributed by atoms with Gasteiger partial charge >= 0.3 is 0 Å². The van der Waals surface area contributed by atoms with Gasteiger partial charge in [0.15, 0.2) is 6.61 Å². The van der Waals surface area contributed by atoms with E-state index in [1.165, 1.54) is 0 Å². The number of terminal acetylenes is 1. The van der Waals surface area contributed by atoms with E-state index in [4.69, 9.17) is 11.2 Å². The number of hydrogen-bond donors (Lipinski definition) is 1. The normalized spacial score (nSPS) is 9.40. The second kappa shape index (κ2) is 5.86. The third kappa shape index (κ3) is 3.86. The van der Waals surface area contributed by atoms with Crippen LogP contribution in [0.25, 0.3) is 0 Å². The Morgan fingerprint density at radius 1 is 1.53 bits per heavy atom. The second-order valence-electron chi connectivity index (χ2n) is 3.09.